The summed E-state index contributed by atoms with van der Waals surface area (Å²) < 4.78 is 0. The summed E-state index contributed by atoms with van der Waals surface area (Å²) in [6, 6.07) is 5.56. The Morgan fingerprint density at radius 3 is 2.77 bits per heavy atom. The first-order valence-electron chi connectivity index (χ1n) is 7.01. The van der Waals surface area contributed by atoms with Gasteiger partial charge in [0.2, 0.25) is 0 Å². The van der Waals surface area contributed by atoms with E-state index in [2.05, 4.69) is 15.3 Å². The zero-order valence-corrected chi connectivity index (χ0v) is 13.7. The predicted octanol–water partition coefficient (Wildman–Crippen LogP) is 3.69. The van der Waals surface area contributed by atoms with Crippen molar-refractivity contribution in [2.75, 3.05) is 0 Å². The third-order valence-corrected chi connectivity index (χ3v) is 4.38. The van der Waals surface area contributed by atoms with Crippen LogP contribution in [-0.2, 0) is 0 Å². The molecule has 0 unspecified atom stereocenters. The highest BCUT2D eigenvalue weighted by molar-refractivity contribution is 6.35. The molecule has 4 nitrogen and oxygen atoms in total. The molecule has 1 aliphatic rings. The van der Waals surface area contributed by atoms with Crippen molar-refractivity contribution in [3.63, 3.8) is 0 Å². The third kappa shape index (κ3) is 3.08. The van der Waals surface area contributed by atoms with Crippen molar-refractivity contribution in [1.82, 2.24) is 15.3 Å². The average Bonchev–Trinajstić information content (AvgIpc) is 3.17. The predicted molar refractivity (Wildman–Crippen MR) is 86.6 cm³/mol. The molecule has 22 heavy (non-hydrogen) atoms. The van der Waals surface area contributed by atoms with Crippen LogP contribution in [0.1, 0.15) is 39.8 Å². The van der Waals surface area contributed by atoms with Crippen LogP contribution >= 0.6 is 23.2 Å². The van der Waals surface area contributed by atoms with Crippen molar-refractivity contribution in [2.45, 2.75) is 32.2 Å². The van der Waals surface area contributed by atoms with E-state index in [4.69, 9.17) is 23.2 Å². The molecule has 0 aliphatic heterocycles. The monoisotopic (exact) mass is 335 g/mol. The molecule has 1 heterocycles. The minimum absolute atomic E-state index is 0.0897. The van der Waals surface area contributed by atoms with Crippen molar-refractivity contribution in [3.8, 4) is 0 Å². The first-order chi connectivity index (χ1) is 10.5. The fraction of sp³-hybridized carbons (Fsp3) is 0.312. The SMILES string of the molecule is Cc1ncc(C(=O)N[C@@H]2C[C@H]2c2ccc(Cl)cc2Cl)c(C)n1. The number of halogens is 2. The molecule has 2 atom stereocenters. The molecular formula is C16H15Cl2N3O. The number of carbonyl (C=O) groups excluding carboxylic acids is 1. The van der Waals surface area contributed by atoms with E-state index in [9.17, 15) is 4.79 Å². The average molecular weight is 336 g/mol. The molecule has 1 amide bonds. The van der Waals surface area contributed by atoms with Gasteiger partial charge in [-0.3, -0.25) is 4.79 Å². The molecule has 0 bridgehead atoms. The number of benzene rings is 1. The van der Waals surface area contributed by atoms with Gasteiger partial charge >= 0.3 is 0 Å². The van der Waals surface area contributed by atoms with Gasteiger partial charge in [-0.15, -0.1) is 0 Å². The zero-order valence-electron chi connectivity index (χ0n) is 12.2. The van der Waals surface area contributed by atoms with E-state index in [1.54, 1.807) is 19.2 Å². The summed E-state index contributed by atoms with van der Waals surface area (Å²) >= 11 is 12.1. The van der Waals surface area contributed by atoms with Crippen LogP contribution in [0.25, 0.3) is 0 Å². The van der Waals surface area contributed by atoms with E-state index in [0.29, 0.717) is 27.1 Å². The number of amides is 1. The molecule has 1 aromatic heterocycles. The number of aromatic nitrogens is 2. The van der Waals surface area contributed by atoms with E-state index in [1.807, 2.05) is 19.1 Å². The highest BCUT2D eigenvalue weighted by Gasteiger charge is 2.41. The maximum atomic E-state index is 12.3. The Labute approximate surface area is 138 Å². The van der Waals surface area contributed by atoms with Crippen LogP contribution in [0.2, 0.25) is 10.0 Å². The normalized spacial score (nSPS) is 19.8. The zero-order chi connectivity index (χ0) is 15.9. The van der Waals surface area contributed by atoms with Gasteiger partial charge in [-0.2, -0.15) is 0 Å². The first-order valence-corrected chi connectivity index (χ1v) is 7.77. The second-order valence-electron chi connectivity index (χ2n) is 5.50. The Bertz CT molecular complexity index is 748. The Morgan fingerprint density at radius 2 is 2.09 bits per heavy atom. The first kappa shape index (κ1) is 15.3. The molecule has 114 valence electrons. The molecule has 2 aromatic rings. The Hall–Kier alpha value is -1.65. The maximum absolute atomic E-state index is 12.3. The molecule has 1 saturated carbocycles. The Kier molecular flexibility index (Phi) is 4.06. The quantitative estimate of drug-likeness (QED) is 0.930. The molecular weight excluding hydrogens is 321 g/mol. The highest BCUT2D eigenvalue weighted by Crippen LogP contribution is 2.44. The molecule has 1 N–H and O–H groups in total. The summed E-state index contributed by atoms with van der Waals surface area (Å²) in [6.45, 7) is 3.61. The number of rotatable bonds is 3. The third-order valence-electron chi connectivity index (χ3n) is 3.81. The van der Waals surface area contributed by atoms with E-state index in [1.165, 1.54) is 0 Å². The van der Waals surface area contributed by atoms with Gasteiger partial charge in [0.05, 0.1) is 11.3 Å². The fourth-order valence-electron chi connectivity index (χ4n) is 2.55. The number of nitrogens with one attached hydrogen (secondary N) is 1. The van der Waals surface area contributed by atoms with E-state index < -0.39 is 0 Å². The number of carbonyl (C=O) groups is 1. The molecule has 1 aromatic carbocycles. The maximum Gasteiger partial charge on any atom is 0.254 e. The second-order valence-corrected chi connectivity index (χ2v) is 6.35. The van der Waals surface area contributed by atoms with Crippen molar-refractivity contribution in [1.29, 1.82) is 0 Å². The van der Waals surface area contributed by atoms with E-state index in [-0.39, 0.29) is 17.9 Å². The smallest absolute Gasteiger partial charge is 0.254 e. The van der Waals surface area contributed by atoms with Gasteiger partial charge in [0.15, 0.2) is 0 Å². The van der Waals surface area contributed by atoms with Crippen LogP contribution in [0.3, 0.4) is 0 Å². The van der Waals surface area contributed by atoms with Gasteiger partial charge in [-0.25, -0.2) is 9.97 Å². The van der Waals surface area contributed by atoms with Crippen molar-refractivity contribution in [3.05, 3.63) is 57.1 Å². The highest BCUT2D eigenvalue weighted by atomic mass is 35.5. The summed E-state index contributed by atoms with van der Waals surface area (Å²) in [7, 11) is 0. The van der Waals surface area contributed by atoms with Crippen LogP contribution in [0.4, 0.5) is 0 Å². The summed E-state index contributed by atoms with van der Waals surface area (Å²) in [5, 5.41) is 4.27. The van der Waals surface area contributed by atoms with Crippen LogP contribution in [0, 0.1) is 13.8 Å². The molecule has 6 heteroatoms. The number of hydrogen-bond acceptors (Lipinski definition) is 3. The fourth-order valence-corrected chi connectivity index (χ4v) is 3.10. The lowest BCUT2D eigenvalue weighted by Crippen LogP contribution is -2.27. The molecule has 0 saturated heterocycles. The molecule has 1 aliphatic carbocycles. The van der Waals surface area contributed by atoms with Crippen molar-refractivity contribution in [2.24, 2.45) is 0 Å². The van der Waals surface area contributed by atoms with Crippen molar-refractivity contribution >= 4 is 29.1 Å². The van der Waals surface area contributed by atoms with Crippen LogP contribution in [0.15, 0.2) is 24.4 Å². The summed E-state index contributed by atoms with van der Waals surface area (Å²) in [4.78, 5) is 20.6. The lowest BCUT2D eigenvalue weighted by atomic mass is 10.1. The van der Waals surface area contributed by atoms with Gasteiger partial charge < -0.3 is 5.32 Å². The van der Waals surface area contributed by atoms with E-state index >= 15 is 0 Å². The lowest BCUT2D eigenvalue weighted by molar-refractivity contribution is 0.0949. The number of hydrogen-bond donors (Lipinski definition) is 1. The van der Waals surface area contributed by atoms with Gasteiger partial charge in [-0.1, -0.05) is 29.3 Å². The second kappa shape index (κ2) is 5.86. The molecule has 0 radical (unpaired) electrons. The standard InChI is InChI=1S/C16H15Cl2N3O/c1-8-13(7-19-9(2)20-8)16(22)21-15-6-12(15)11-4-3-10(17)5-14(11)18/h3-5,7,12,15H,6H2,1-2H3,(H,21,22)/t12-,15+/m0/s1. The summed E-state index contributed by atoms with van der Waals surface area (Å²) in [6.07, 6.45) is 2.44. The van der Waals surface area contributed by atoms with Gasteiger partial charge in [-0.05, 0) is 38.0 Å². The number of aryl methyl sites for hydroxylation is 2. The minimum Gasteiger partial charge on any atom is -0.349 e. The Balaban J connectivity index is 1.69. The lowest BCUT2D eigenvalue weighted by Gasteiger charge is -2.08. The largest absolute Gasteiger partial charge is 0.349 e. The minimum atomic E-state index is -0.143. The molecule has 0 spiro atoms. The van der Waals surface area contributed by atoms with E-state index in [0.717, 1.165) is 12.0 Å². The molecule has 1 fully saturated rings. The topological polar surface area (TPSA) is 54.9 Å². The Morgan fingerprint density at radius 1 is 1.32 bits per heavy atom. The summed E-state index contributed by atoms with van der Waals surface area (Å²) in [5.74, 6) is 0.752. The summed E-state index contributed by atoms with van der Waals surface area (Å²) in [5.41, 5.74) is 2.22. The van der Waals surface area contributed by atoms with Crippen LogP contribution < -0.4 is 5.32 Å². The van der Waals surface area contributed by atoms with Crippen LogP contribution in [-0.4, -0.2) is 21.9 Å². The van der Waals surface area contributed by atoms with Gasteiger partial charge in [0, 0.05) is 28.2 Å². The molecule has 3 rings (SSSR count). The van der Waals surface area contributed by atoms with Gasteiger partial charge in [0.25, 0.3) is 5.91 Å². The van der Waals surface area contributed by atoms with Crippen molar-refractivity contribution < 1.29 is 4.79 Å². The number of nitrogens with zero attached hydrogens (tertiary/aromatic N) is 2. The van der Waals surface area contributed by atoms with Gasteiger partial charge in [0.1, 0.15) is 5.82 Å². The van der Waals surface area contributed by atoms with Crippen LogP contribution in [0.5, 0.6) is 0 Å².